The van der Waals surface area contributed by atoms with Crippen LogP contribution in [0.2, 0.25) is 0 Å². The summed E-state index contributed by atoms with van der Waals surface area (Å²) in [6, 6.07) is 7.02. The van der Waals surface area contributed by atoms with E-state index in [0.29, 0.717) is 6.04 Å². The van der Waals surface area contributed by atoms with Crippen molar-refractivity contribution in [2.75, 3.05) is 19.6 Å². The molecule has 0 spiro atoms. The average molecular weight is 255 g/mol. The summed E-state index contributed by atoms with van der Waals surface area (Å²) in [4.78, 5) is 2.56. The molecule has 1 atom stereocenters. The molecule has 19 heavy (non-hydrogen) atoms. The standard InChI is InChI=1S/C15H19N4/c1-2-13-9-17-18-14(13)7-11(1)8-16-15-10-19-5-3-12(15)4-6-19/h1-2,7,9,12,15H,3-6,8,10H2,(H,17,18). The lowest BCUT2D eigenvalue weighted by Gasteiger charge is -2.44. The summed E-state index contributed by atoms with van der Waals surface area (Å²) in [5.74, 6) is 0.834. The topological polar surface area (TPSA) is 46.0 Å². The second-order valence-electron chi connectivity index (χ2n) is 5.84. The van der Waals surface area contributed by atoms with Crippen molar-refractivity contribution >= 4 is 10.9 Å². The molecule has 1 radical (unpaired) electrons. The van der Waals surface area contributed by atoms with Crippen LogP contribution in [0, 0.1) is 5.92 Å². The number of nitrogens with one attached hydrogen (secondary N) is 1. The van der Waals surface area contributed by atoms with Gasteiger partial charge in [0.25, 0.3) is 0 Å². The molecule has 3 saturated heterocycles. The fraction of sp³-hybridized carbons (Fsp3) is 0.533. The van der Waals surface area contributed by atoms with Crippen LogP contribution in [0.5, 0.6) is 0 Å². The highest BCUT2D eigenvalue weighted by Crippen LogP contribution is 2.28. The van der Waals surface area contributed by atoms with E-state index in [9.17, 15) is 0 Å². The van der Waals surface area contributed by atoms with Gasteiger partial charge in [-0.25, -0.2) is 5.32 Å². The van der Waals surface area contributed by atoms with Crippen molar-refractivity contribution in [2.45, 2.75) is 25.4 Å². The zero-order valence-corrected chi connectivity index (χ0v) is 11.0. The lowest BCUT2D eigenvalue weighted by molar-refractivity contribution is 0.0702. The molecule has 3 fully saturated rings. The van der Waals surface area contributed by atoms with Gasteiger partial charge in [-0.2, -0.15) is 5.10 Å². The molecule has 4 heterocycles. The molecule has 4 heteroatoms. The average Bonchev–Trinajstić information content (AvgIpc) is 2.94. The molecular formula is C15H19N4. The molecule has 1 aromatic carbocycles. The summed E-state index contributed by atoms with van der Waals surface area (Å²) in [6.07, 6.45) is 4.55. The largest absolute Gasteiger partial charge is 0.302 e. The van der Waals surface area contributed by atoms with Gasteiger partial charge in [0.2, 0.25) is 0 Å². The van der Waals surface area contributed by atoms with Crippen LogP contribution in [0.25, 0.3) is 10.9 Å². The molecule has 0 amide bonds. The number of nitrogens with zero attached hydrogens (tertiary/aromatic N) is 3. The van der Waals surface area contributed by atoms with Gasteiger partial charge in [0, 0.05) is 24.5 Å². The van der Waals surface area contributed by atoms with E-state index < -0.39 is 0 Å². The first-order valence-corrected chi connectivity index (χ1v) is 7.19. The van der Waals surface area contributed by atoms with Gasteiger partial charge in [-0.15, -0.1) is 0 Å². The summed E-state index contributed by atoms with van der Waals surface area (Å²) in [7, 11) is 0. The van der Waals surface area contributed by atoms with E-state index in [-0.39, 0.29) is 0 Å². The van der Waals surface area contributed by atoms with Gasteiger partial charge in [0.15, 0.2) is 0 Å². The molecule has 0 saturated carbocycles. The van der Waals surface area contributed by atoms with E-state index in [4.69, 9.17) is 5.32 Å². The monoisotopic (exact) mass is 255 g/mol. The third kappa shape index (κ3) is 2.15. The Balaban J connectivity index is 1.44. The molecule has 1 aromatic heterocycles. The minimum atomic E-state index is 0.556. The number of aromatic nitrogens is 2. The van der Waals surface area contributed by atoms with E-state index in [2.05, 4.69) is 33.3 Å². The van der Waals surface area contributed by atoms with Crippen LogP contribution in [-0.2, 0) is 6.54 Å². The van der Waals surface area contributed by atoms with Gasteiger partial charge in [-0.1, -0.05) is 12.1 Å². The van der Waals surface area contributed by atoms with E-state index >= 15 is 0 Å². The fourth-order valence-electron chi connectivity index (χ4n) is 3.45. The maximum atomic E-state index is 4.95. The summed E-state index contributed by atoms with van der Waals surface area (Å²) in [6.45, 7) is 4.59. The third-order valence-electron chi connectivity index (χ3n) is 4.64. The van der Waals surface area contributed by atoms with Gasteiger partial charge in [0.05, 0.1) is 11.7 Å². The van der Waals surface area contributed by atoms with Gasteiger partial charge in [-0.3, -0.25) is 5.10 Å². The highest BCUT2D eigenvalue weighted by atomic mass is 15.2. The number of benzene rings is 1. The Bertz CT molecular complexity index is 568. The van der Waals surface area contributed by atoms with Crippen molar-refractivity contribution in [3.05, 3.63) is 30.0 Å². The lowest BCUT2D eigenvalue weighted by atomic mass is 9.84. The van der Waals surface area contributed by atoms with Crippen molar-refractivity contribution in [3.8, 4) is 0 Å². The second-order valence-corrected chi connectivity index (χ2v) is 5.84. The van der Waals surface area contributed by atoms with Crippen molar-refractivity contribution in [2.24, 2.45) is 5.92 Å². The number of hydrogen-bond donors (Lipinski definition) is 1. The smallest absolute Gasteiger partial charge is 0.0653 e. The number of aromatic amines is 1. The van der Waals surface area contributed by atoms with Crippen LogP contribution < -0.4 is 5.32 Å². The van der Waals surface area contributed by atoms with Gasteiger partial charge in [0.1, 0.15) is 0 Å². The van der Waals surface area contributed by atoms with Crippen molar-refractivity contribution in [1.82, 2.24) is 20.4 Å². The van der Waals surface area contributed by atoms with Crippen LogP contribution in [0.3, 0.4) is 0 Å². The van der Waals surface area contributed by atoms with E-state index in [1.807, 2.05) is 6.20 Å². The zero-order chi connectivity index (χ0) is 12.7. The minimum Gasteiger partial charge on any atom is -0.302 e. The predicted octanol–water partition coefficient (Wildman–Crippen LogP) is 1.76. The second kappa shape index (κ2) is 4.62. The maximum Gasteiger partial charge on any atom is 0.0653 e. The Hall–Kier alpha value is -1.39. The van der Waals surface area contributed by atoms with Crippen LogP contribution in [0.15, 0.2) is 24.4 Å². The quantitative estimate of drug-likeness (QED) is 0.908. The summed E-state index contributed by atoms with van der Waals surface area (Å²) >= 11 is 0. The first-order valence-electron chi connectivity index (χ1n) is 7.19. The van der Waals surface area contributed by atoms with Crippen molar-refractivity contribution in [3.63, 3.8) is 0 Å². The van der Waals surface area contributed by atoms with Gasteiger partial charge in [-0.05, 0) is 43.5 Å². The first-order chi connectivity index (χ1) is 9.38. The Morgan fingerprint density at radius 1 is 1.32 bits per heavy atom. The molecule has 2 aromatic rings. The normalized spacial score (nSPS) is 30.0. The molecule has 5 rings (SSSR count). The highest BCUT2D eigenvalue weighted by molar-refractivity contribution is 5.78. The lowest BCUT2D eigenvalue weighted by Crippen LogP contribution is -2.53. The Morgan fingerprint density at radius 3 is 3.00 bits per heavy atom. The molecule has 1 N–H and O–H groups in total. The molecular weight excluding hydrogens is 236 g/mol. The van der Waals surface area contributed by atoms with Crippen LogP contribution in [0.4, 0.5) is 0 Å². The first kappa shape index (κ1) is 11.4. The fourth-order valence-corrected chi connectivity index (χ4v) is 3.45. The van der Waals surface area contributed by atoms with Gasteiger partial charge >= 0.3 is 0 Å². The Labute approximate surface area is 113 Å². The van der Waals surface area contributed by atoms with Crippen LogP contribution in [-0.4, -0.2) is 40.8 Å². The minimum absolute atomic E-state index is 0.556. The zero-order valence-electron chi connectivity index (χ0n) is 11.0. The predicted molar refractivity (Wildman–Crippen MR) is 74.9 cm³/mol. The number of hydrogen-bond acceptors (Lipinski definition) is 2. The molecule has 1 unspecified atom stereocenters. The van der Waals surface area contributed by atoms with Crippen LogP contribution in [0.1, 0.15) is 18.4 Å². The van der Waals surface area contributed by atoms with E-state index in [1.165, 1.54) is 43.4 Å². The molecule has 2 bridgehead atoms. The molecule has 0 aliphatic carbocycles. The number of H-pyrrole nitrogens is 1. The molecule has 4 nitrogen and oxygen atoms in total. The van der Waals surface area contributed by atoms with E-state index in [0.717, 1.165) is 18.0 Å². The summed E-state index contributed by atoms with van der Waals surface area (Å²) in [5.41, 5.74) is 2.40. The van der Waals surface area contributed by atoms with Crippen molar-refractivity contribution < 1.29 is 0 Å². The Morgan fingerprint density at radius 2 is 2.21 bits per heavy atom. The maximum absolute atomic E-state index is 4.95. The SMILES string of the molecule is c1cc2cn[nH]c2cc1C[N]C1CN2CCC1CC2. The number of rotatable bonds is 3. The number of piperidine rings is 3. The van der Waals surface area contributed by atoms with Crippen molar-refractivity contribution in [1.29, 1.82) is 0 Å². The van der Waals surface area contributed by atoms with Crippen LogP contribution >= 0.6 is 0 Å². The molecule has 3 aliphatic rings. The molecule has 99 valence electrons. The molecule has 3 aliphatic heterocycles. The third-order valence-corrected chi connectivity index (χ3v) is 4.64. The Kier molecular flexibility index (Phi) is 2.78. The number of fused-ring (bicyclic) bond motifs is 4. The van der Waals surface area contributed by atoms with E-state index in [1.54, 1.807) is 0 Å². The summed E-state index contributed by atoms with van der Waals surface area (Å²) in [5, 5.41) is 13.2. The highest BCUT2D eigenvalue weighted by Gasteiger charge is 2.34. The van der Waals surface area contributed by atoms with Gasteiger partial charge < -0.3 is 4.90 Å². The summed E-state index contributed by atoms with van der Waals surface area (Å²) < 4.78 is 0.